The maximum absolute atomic E-state index is 13.2. The third kappa shape index (κ3) is 4.36. The zero-order valence-electron chi connectivity index (χ0n) is 18.9. The summed E-state index contributed by atoms with van der Waals surface area (Å²) < 4.78 is 7.49. The smallest absolute Gasteiger partial charge is 0.313 e. The zero-order chi connectivity index (χ0) is 20.4. The first kappa shape index (κ1) is 23.8. The third-order valence-corrected chi connectivity index (χ3v) is 7.95. The number of hydrogen-bond donors (Lipinski definition) is 0. The van der Waals surface area contributed by atoms with Crippen molar-refractivity contribution in [2.24, 2.45) is 5.92 Å². The fraction of sp³-hybridized carbons (Fsp3) is 0.654. The molecule has 1 aromatic carbocycles. The molecule has 2 aliphatic heterocycles. The van der Waals surface area contributed by atoms with Crippen LogP contribution in [0.1, 0.15) is 77.7 Å². The van der Waals surface area contributed by atoms with E-state index in [1.54, 1.807) is 0 Å². The molecule has 1 aromatic rings. The Morgan fingerprint density at radius 3 is 2.37 bits per heavy atom. The van der Waals surface area contributed by atoms with Crippen molar-refractivity contribution in [3.8, 4) is 0 Å². The molecule has 2 heterocycles. The number of rotatable bonds is 6. The molecular formula is C26H38INO2. The number of ether oxygens (including phenoxy) is 1. The Morgan fingerprint density at radius 1 is 1.10 bits per heavy atom. The Kier molecular flexibility index (Phi) is 8.05. The van der Waals surface area contributed by atoms with E-state index in [1.165, 1.54) is 41.4 Å². The van der Waals surface area contributed by atoms with Gasteiger partial charge in [0, 0.05) is 25.7 Å². The number of carbonyl (C=O) groups excluding carboxylic acids is 1. The maximum atomic E-state index is 13.2. The Morgan fingerprint density at radius 2 is 1.77 bits per heavy atom. The van der Waals surface area contributed by atoms with Crippen LogP contribution in [0.25, 0.3) is 5.57 Å². The second kappa shape index (κ2) is 10.2. The van der Waals surface area contributed by atoms with Gasteiger partial charge in [-0.15, -0.1) is 0 Å². The number of carbonyl (C=O) groups is 1. The molecule has 2 fully saturated rings. The van der Waals surface area contributed by atoms with Crippen molar-refractivity contribution in [1.29, 1.82) is 0 Å². The average molecular weight is 523 g/mol. The first-order valence-corrected chi connectivity index (χ1v) is 11.9. The molecule has 2 saturated heterocycles. The third-order valence-electron chi connectivity index (χ3n) is 7.95. The number of esters is 1. The van der Waals surface area contributed by atoms with Crippen molar-refractivity contribution in [3.63, 3.8) is 0 Å². The van der Waals surface area contributed by atoms with Gasteiger partial charge < -0.3 is 33.2 Å². The molecule has 0 radical (unpaired) electrons. The van der Waals surface area contributed by atoms with E-state index >= 15 is 0 Å². The van der Waals surface area contributed by atoms with Gasteiger partial charge in [0.05, 0.1) is 30.6 Å². The number of halogens is 1. The lowest BCUT2D eigenvalue weighted by atomic mass is 9.83. The molecule has 4 heteroatoms. The lowest BCUT2D eigenvalue weighted by Crippen LogP contribution is -3.00. The molecule has 30 heavy (non-hydrogen) atoms. The summed E-state index contributed by atoms with van der Waals surface area (Å²) in [5.74, 6) is -0.0741. The van der Waals surface area contributed by atoms with Crippen LogP contribution < -0.4 is 24.0 Å². The fourth-order valence-electron chi connectivity index (χ4n) is 6.76. The molecule has 3 unspecified atom stereocenters. The normalized spacial score (nSPS) is 33.0. The van der Waals surface area contributed by atoms with Gasteiger partial charge in [0.2, 0.25) is 0 Å². The summed E-state index contributed by atoms with van der Waals surface area (Å²) in [6.07, 6.45) is 11.4. The summed E-state index contributed by atoms with van der Waals surface area (Å²) in [7, 11) is 0. The van der Waals surface area contributed by atoms with E-state index in [-0.39, 0.29) is 42.0 Å². The zero-order valence-corrected chi connectivity index (χ0v) is 21.0. The van der Waals surface area contributed by atoms with Crippen molar-refractivity contribution in [1.82, 2.24) is 0 Å². The fourth-order valence-corrected chi connectivity index (χ4v) is 6.76. The van der Waals surface area contributed by atoms with Crippen molar-refractivity contribution >= 4 is 11.5 Å². The highest BCUT2D eigenvalue weighted by Gasteiger charge is 2.55. The summed E-state index contributed by atoms with van der Waals surface area (Å²) in [6.45, 7) is 8.38. The monoisotopic (exact) mass is 523 g/mol. The van der Waals surface area contributed by atoms with E-state index in [4.69, 9.17) is 4.74 Å². The van der Waals surface area contributed by atoms with Gasteiger partial charge in [-0.2, -0.15) is 0 Å². The molecule has 0 amide bonds. The summed E-state index contributed by atoms with van der Waals surface area (Å²) in [5, 5.41) is 0. The highest BCUT2D eigenvalue weighted by atomic mass is 127. The summed E-state index contributed by atoms with van der Waals surface area (Å²) in [4.78, 5) is 13.2. The van der Waals surface area contributed by atoms with Crippen LogP contribution >= 0.6 is 0 Å². The van der Waals surface area contributed by atoms with Crippen molar-refractivity contribution in [2.75, 3.05) is 6.54 Å². The standard InChI is InChI=1S/C26H38NO2.HI/c1-4-16-27(19(2)3)21-14-15-22(27)18-23(17-21)29-26(28)25-13-9-8-12-24(25)20-10-6-5-7-11-20;/h5-7,10-12,19,21-23,25H,4,8-9,13-18H2,1-3H3;1H/q+1;/p-1. The molecule has 0 saturated carbocycles. The van der Waals surface area contributed by atoms with Crippen LogP contribution in [-0.2, 0) is 9.53 Å². The first-order chi connectivity index (χ1) is 14.1. The van der Waals surface area contributed by atoms with Crippen LogP contribution in [0.15, 0.2) is 36.4 Å². The minimum Gasteiger partial charge on any atom is -1.00 e. The first-order valence-electron chi connectivity index (χ1n) is 11.9. The number of quaternary nitrogens is 1. The number of hydrogen-bond acceptors (Lipinski definition) is 2. The minimum absolute atomic E-state index is 0. The van der Waals surface area contributed by atoms with Crippen LogP contribution in [0.3, 0.4) is 0 Å². The lowest BCUT2D eigenvalue weighted by molar-refractivity contribution is -0.985. The Hall–Kier alpha value is -0.880. The number of benzene rings is 1. The van der Waals surface area contributed by atoms with Gasteiger partial charge >= 0.3 is 5.97 Å². The average Bonchev–Trinajstić information content (AvgIpc) is 2.93. The number of fused-ring (bicyclic) bond motifs is 2. The lowest BCUT2D eigenvalue weighted by Gasteiger charge is -2.52. The van der Waals surface area contributed by atoms with Crippen molar-refractivity contribution in [3.05, 3.63) is 42.0 Å². The number of allylic oxidation sites excluding steroid dienone is 1. The van der Waals surface area contributed by atoms with E-state index in [2.05, 4.69) is 51.1 Å². The van der Waals surface area contributed by atoms with Gasteiger partial charge in [0.15, 0.2) is 0 Å². The highest BCUT2D eigenvalue weighted by molar-refractivity contribution is 5.89. The molecule has 3 nitrogen and oxygen atoms in total. The molecule has 0 N–H and O–H groups in total. The van der Waals surface area contributed by atoms with E-state index in [0.29, 0.717) is 18.1 Å². The summed E-state index contributed by atoms with van der Waals surface area (Å²) in [6, 6.07) is 12.4. The Balaban J connectivity index is 0.00000256. The molecular weight excluding hydrogens is 485 g/mol. The molecule has 3 atom stereocenters. The van der Waals surface area contributed by atoms with Gasteiger partial charge in [-0.3, -0.25) is 4.79 Å². The van der Waals surface area contributed by atoms with E-state index in [9.17, 15) is 4.79 Å². The van der Waals surface area contributed by atoms with Crippen LogP contribution in [0.2, 0.25) is 0 Å². The number of piperidine rings is 1. The Bertz CT molecular complexity index is 731. The molecule has 2 bridgehead atoms. The van der Waals surface area contributed by atoms with E-state index in [1.807, 2.05) is 6.07 Å². The van der Waals surface area contributed by atoms with Gasteiger partial charge in [0.1, 0.15) is 6.10 Å². The molecule has 3 aliphatic rings. The van der Waals surface area contributed by atoms with Crippen LogP contribution in [0.4, 0.5) is 0 Å². The highest BCUT2D eigenvalue weighted by Crippen LogP contribution is 2.46. The molecule has 0 spiro atoms. The van der Waals surface area contributed by atoms with Crippen LogP contribution in [0, 0.1) is 5.92 Å². The van der Waals surface area contributed by atoms with Crippen molar-refractivity contribution in [2.45, 2.75) is 96.4 Å². The number of nitrogens with zero attached hydrogens (tertiary/aromatic N) is 1. The summed E-state index contributed by atoms with van der Waals surface area (Å²) in [5.41, 5.74) is 2.36. The van der Waals surface area contributed by atoms with Gasteiger partial charge in [0.25, 0.3) is 0 Å². The SMILES string of the molecule is CCC[N+]1(C(C)C)C2CCC1CC(OC(=O)C1CCCC=C1c1ccccc1)C2.[I-]. The quantitative estimate of drug-likeness (QED) is 0.326. The van der Waals surface area contributed by atoms with E-state index in [0.717, 1.165) is 32.1 Å². The predicted octanol–water partition coefficient (Wildman–Crippen LogP) is 2.75. The van der Waals surface area contributed by atoms with Gasteiger partial charge in [-0.1, -0.05) is 43.3 Å². The second-order valence-electron chi connectivity index (χ2n) is 9.74. The topological polar surface area (TPSA) is 26.3 Å². The van der Waals surface area contributed by atoms with E-state index < -0.39 is 0 Å². The summed E-state index contributed by atoms with van der Waals surface area (Å²) >= 11 is 0. The molecule has 1 aliphatic carbocycles. The molecule has 0 aromatic heterocycles. The Labute approximate surface area is 199 Å². The van der Waals surface area contributed by atoms with Gasteiger partial charge in [-0.05, 0) is 50.7 Å². The van der Waals surface area contributed by atoms with Crippen LogP contribution in [0.5, 0.6) is 0 Å². The minimum atomic E-state index is -0.0919. The second-order valence-corrected chi connectivity index (χ2v) is 9.74. The van der Waals surface area contributed by atoms with Crippen molar-refractivity contribution < 1.29 is 38.0 Å². The van der Waals surface area contributed by atoms with Crippen LogP contribution in [-0.4, -0.2) is 41.2 Å². The molecule has 166 valence electrons. The maximum Gasteiger partial charge on any atom is 0.313 e. The molecule has 4 rings (SSSR count). The van der Waals surface area contributed by atoms with Gasteiger partial charge in [-0.25, -0.2) is 0 Å². The largest absolute Gasteiger partial charge is 1.00 e. The predicted molar refractivity (Wildman–Crippen MR) is 118 cm³/mol.